The molecule has 48 heavy (non-hydrogen) atoms. The molecule has 0 radical (unpaired) electrons. The molecule has 1 aliphatic heterocycles. The second-order valence-electron chi connectivity index (χ2n) is 12.9. The lowest BCUT2D eigenvalue weighted by Crippen LogP contribution is -2.44. The quantitative estimate of drug-likeness (QED) is 0.211. The number of nitrogens with zero attached hydrogens (tertiary/aromatic N) is 3. The number of aromatic nitrogens is 2. The third kappa shape index (κ3) is 7.34. The lowest BCUT2D eigenvalue weighted by molar-refractivity contribution is -0.149. The maximum atomic E-state index is 13.7. The first kappa shape index (κ1) is 33.5. The summed E-state index contributed by atoms with van der Waals surface area (Å²) in [4.78, 5) is 56.2. The molecule has 2 aliphatic rings. The Balaban J connectivity index is 1.24. The van der Waals surface area contributed by atoms with E-state index in [0.29, 0.717) is 45.1 Å². The van der Waals surface area contributed by atoms with E-state index in [4.69, 9.17) is 21.1 Å². The van der Waals surface area contributed by atoms with E-state index in [-0.39, 0.29) is 18.4 Å². The maximum Gasteiger partial charge on any atom is 0.335 e. The SMILES string of the molecule is CC(C)OC(=O)[C@H](Cc1ccc(-n2c(=O)c3cc(OCCN4CCCC4)ccc3n(C)c2=O)cc1)NC(=O)c1c(Cl)cccc1C1CC1. The molecule has 2 fully saturated rings. The van der Waals surface area contributed by atoms with Gasteiger partial charge in [0.05, 0.1) is 33.3 Å². The highest BCUT2D eigenvalue weighted by Crippen LogP contribution is 2.43. The normalized spacial score (nSPS) is 15.5. The minimum absolute atomic E-state index is 0.129. The van der Waals surface area contributed by atoms with Gasteiger partial charge in [-0.15, -0.1) is 0 Å². The molecule has 3 aromatic carbocycles. The summed E-state index contributed by atoms with van der Waals surface area (Å²) in [5.74, 6) is -0.152. The molecule has 1 atom stereocenters. The third-order valence-corrected chi connectivity index (χ3v) is 9.30. The summed E-state index contributed by atoms with van der Waals surface area (Å²) >= 11 is 6.47. The number of carbonyl (C=O) groups is 2. The van der Waals surface area contributed by atoms with Gasteiger partial charge in [-0.1, -0.05) is 35.9 Å². The zero-order chi connectivity index (χ0) is 33.9. The average Bonchev–Trinajstić information content (AvgIpc) is 3.78. The number of fused-ring (bicyclic) bond motifs is 1. The van der Waals surface area contributed by atoms with Gasteiger partial charge in [-0.2, -0.15) is 0 Å². The first-order valence-corrected chi connectivity index (χ1v) is 17.0. The molecule has 1 amide bonds. The van der Waals surface area contributed by atoms with Gasteiger partial charge in [-0.05, 0) is 106 Å². The Kier molecular flexibility index (Phi) is 10.0. The van der Waals surface area contributed by atoms with Crippen LogP contribution in [0.4, 0.5) is 0 Å². The van der Waals surface area contributed by atoms with Crippen molar-refractivity contribution in [3.8, 4) is 11.4 Å². The number of rotatable bonds is 12. The topological polar surface area (TPSA) is 112 Å². The Hall–Kier alpha value is -4.41. The second kappa shape index (κ2) is 14.4. The van der Waals surface area contributed by atoms with Crippen molar-refractivity contribution >= 4 is 34.4 Å². The minimum atomic E-state index is -0.991. The van der Waals surface area contributed by atoms with Crippen LogP contribution in [-0.2, 0) is 23.0 Å². The number of hydrogen-bond donors (Lipinski definition) is 1. The van der Waals surface area contributed by atoms with Crippen molar-refractivity contribution in [2.24, 2.45) is 7.05 Å². The first-order valence-electron chi connectivity index (χ1n) is 16.6. The molecule has 4 aromatic rings. The van der Waals surface area contributed by atoms with Crippen LogP contribution in [-0.4, -0.2) is 64.3 Å². The molecule has 252 valence electrons. The summed E-state index contributed by atoms with van der Waals surface area (Å²) in [5.41, 5.74) is 1.90. The largest absolute Gasteiger partial charge is 0.492 e. The number of ether oxygens (including phenoxy) is 2. The van der Waals surface area contributed by atoms with Gasteiger partial charge in [-0.25, -0.2) is 14.2 Å². The molecule has 1 aromatic heterocycles. The zero-order valence-electron chi connectivity index (χ0n) is 27.5. The molecule has 11 heteroatoms. The number of carbonyl (C=O) groups excluding carboxylic acids is 2. The summed E-state index contributed by atoms with van der Waals surface area (Å²) in [6.45, 7) is 6.98. The summed E-state index contributed by atoms with van der Waals surface area (Å²) in [6, 6.07) is 16.4. The highest BCUT2D eigenvalue weighted by Gasteiger charge is 2.31. The van der Waals surface area contributed by atoms with Crippen LogP contribution < -0.4 is 21.3 Å². The number of halogens is 1. The highest BCUT2D eigenvalue weighted by molar-refractivity contribution is 6.34. The van der Waals surface area contributed by atoms with E-state index in [1.54, 1.807) is 69.4 Å². The van der Waals surface area contributed by atoms with E-state index in [9.17, 15) is 19.2 Å². The van der Waals surface area contributed by atoms with E-state index >= 15 is 0 Å². The highest BCUT2D eigenvalue weighted by atomic mass is 35.5. The van der Waals surface area contributed by atoms with Crippen molar-refractivity contribution < 1.29 is 19.1 Å². The molecule has 6 rings (SSSR count). The molecule has 1 saturated heterocycles. The minimum Gasteiger partial charge on any atom is -0.492 e. The van der Waals surface area contributed by atoms with Gasteiger partial charge in [-0.3, -0.25) is 19.1 Å². The number of hydrogen-bond acceptors (Lipinski definition) is 7. The van der Waals surface area contributed by atoms with Crippen LogP contribution in [0.3, 0.4) is 0 Å². The number of aryl methyl sites for hydroxylation is 1. The van der Waals surface area contributed by atoms with Gasteiger partial charge >= 0.3 is 11.7 Å². The van der Waals surface area contributed by atoms with Gasteiger partial charge in [0.25, 0.3) is 11.5 Å². The Morgan fingerprint density at radius 1 is 1.00 bits per heavy atom. The van der Waals surface area contributed by atoms with Gasteiger partial charge < -0.3 is 14.8 Å². The number of nitrogens with one attached hydrogen (secondary N) is 1. The smallest absolute Gasteiger partial charge is 0.335 e. The van der Waals surface area contributed by atoms with Crippen LogP contribution >= 0.6 is 11.6 Å². The molecule has 0 unspecified atom stereocenters. The van der Waals surface area contributed by atoms with Crippen LogP contribution in [0.5, 0.6) is 5.75 Å². The summed E-state index contributed by atoms with van der Waals surface area (Å²) in [6.07, 6.45) is 4.14. The van der Waals surface area contributed by atoms with E-state index < -0.39 is 29.2 Å². The molecule has 1 N–H and O–H groups in total. The Labute approximate surface area is 284 Å². The summed E-state index contributed by atoms with van der Waals surface area (Å²) in [5, 5.41) is 3.56. The number of amides is 1. The first-order chi connectivity index (χ1) is 23.1. The number of likely N-dealkylation sites (tertiary alicyclic amines) is 1. The Bertz CT molecular complexity index is 1940. The molecule has 1 saturated carbocycles. The van der Waals surface area contributed by atoms with Crippen molar-refractivity contribution in [2.45, 2.75) is 64.0 Å². The summed E-state index contributed by atoms with van der Waals surface area (Å²) in [7, 11) is 1.63. The van der Waals surface area contributed by atoms with Crippen molar-refractivity contribution in [3.63, 3.8) is 0 Å². The standard InChI is InChI=1S/C37H41ClN4O6/c1-23(2)48-36(45)31(39-34(43)33-28(25-11-12-25)7-6-8-30(33)38)21-24-9-13-26(14-10-24)42-35(44)29-22-27(15-16-32(29)40(3)37(42)46)47-20-19-41-17-4-5-18-41/h6-10,13-16,22-23,25,31H,4-5,11-12,17-21H2,1-3H3,(H,39,43)/t31-/m0/s1. The van der Waals surface area contributed by atoms with E-state index in [2.05, 4.69) is 10.2 Å². The van der Waals surface area contributed by atoms with E-state index in [1.807, 2.05) is 12.1 Å². The van der Waals surface area contributed by atoms with E-state index in [0.717, 1.165) is 42.6 Å². The van der Waals surface area contributed by atoms with Crippen molar-refractivity contribution in [3.05, 3.63) is 103 Å². The molecular formula is C37H41ClN4O6. The fourth-order valence-electron chi connectivity index (χ4n) is 6.33. The molecule has 10 nitrogen and oxygen atoms in total. The molecule has 2 heterocycles. The third-order valence-electron chi connectivity index (χ3n) is 8.98. The average molecular weight is 673 g/mol. The van der Waals surface area contributed by atoms with Gasteiger partial charge in [0.1, 0.15) is 18.4 Å². The van der Waals surface area contributed by atoms with Crippen LogP contribution in [0.15, 0.2) is 70.3 Å². The lowest BCUT2D eigenvalue weighted by atomic mass is 10.0. The fourth-order valence-corrected chi connectivity index (χ4v) is 6.59. The van der Waals surface area contributed by atoms with Gasteiger partial charge in [0.2, 0.25) is 0 Å². The molecule has 0 spiro atoms. The monoisotopic (exact) mass is 672 g/mol. The van der Waals surface area contributed by atoms with Gasteiger partial charge in [0.15, 0.2) is 0 Å². The van der Waals surface area contributed by atoms with Gasteiger partial charge in [0, 0.05) is 20.0 Å². The predicted molar refractivity (Wildman–Crippen MR) is 186 cm³/mol. The van der Waals surface area contributed by atoms with Crippen LogP contribution in [0, 0.1) is 0 Å². The lowest BCUT2D eigenvalue weighted by Gasteiger charge is -2.21. The van der Waals surface area contributed by atoms with Crippen molar-refractivity contribution in [1.82, 2.24) is 19.4 Å². The maximum absolute atomic E-state index is 13.7. The van der Waals surface area contributed by atoms with Crippen molar-refractivity contribution in [2.75, 3.05) is 26.2 Å². The number of benzene rings is 3. The molecule has 0 bridgehead atoms. The number of esters is 1. The van der Waals surface area contributed by atoms with Crippen molar-refractivity contribution in [1.29, 1.82) is 0 Å². The fraction of sp³-hybridized carbons (Fsp3) is 0.405. The molecule has 1 aliphatic carbocycles. The van der Waals surface area contributed by atoms with E-state index in [1.165, 1.54) is 17.4 Å². The summed E-state index contributed by atoms with van der Waals surface area (Å²) < 4.78 is 14.0. The Morgan fingerprint density at radius 2 is 1.73 bits per heavy atom. The predicted octanol–water partition coefficient (Wildman–Crippen LogP) is 4.99. The van der Waals surface area contributed by atoms with Crippen LogP contribution in [0.2, 0.25) is 5.02 Å². The molecular weight excluding hydrogens is 632 g/mol. The van der Waals surface area contributed by atoms with Crippen LogP contribution in [0.1, 0.15) is 66.9 Å². The second-order valence-corrected chi connectivity index (χ2v) is 13.3. The zero-order valence-corrected chi connectivity index (χ0v) is 28.3. The Morgan fingerprint density at radius 3 is 2.42 bits per heavy atom. The van der Waals surface area contributed by atoms with Crippen LogP contribution in [0.25, 0.3) is 16.6 Å².